The Balaban J connectivity index is 1.73. The highest BCUT2D eigenvalue weighted by atomic mass is 16.5. The summed E-state index contributed by atoms with van der Waals surface area (Å²) in [6.07, 6.45) is 4.04. The monoisotopic (exact) mass is 321 g/mol. The molecule has 24 heavy (non-hydrogen) atoms. The standard InChI is InChI=1S/C21H23NO2/c1-22(17-11-5-8-14-7-3-4-9-15(14)17)18-13-19(23)16-10-6-12-20(24-2)21(16)18/h3-4,6-7,9-10,12,17-18H,5,8,11,13H2,1-2H3. The van der Waals surface area contributed by atoms with Gasteiger partial charge < -0.3 is 4.74 Å². The van der Waals surface area contributed by atoms with Crippen molar-refractivity contribution < 1.29 is 9.53 Å². The van der Waals surface area contributed by atoms with Gasteiger partial charge in [-0.2, -0.15) is 0 Å². The fourth-order valence-electron chi connectivity index (χ4n) is 4.41. The summed E-state index contributed by atoms with van der Waals surface area (Å²) in [5.41, 5.74) is 4.76. The van der Waals surface area contributed by atoms with Crippen LogP contribution in [0.3, 0.4) is 0 Å². The van der Waals surface area contributed by atoms with Gasteiger partial charge in [0.15, 0.2) is 5.78 Å². The maximum atomic E-state index is 12.5. The molecular formula is C21H23NO2. The Morgan fingerprint density at radius 1 is 1.08 bits per heavy atom. The van der Waals surface area contributed by atoms with Crippen LogP contribution in [0, 0.1) is 0 Å². The summed E-state index contributed by atoms with van der Waals surface area (Å²) >= 11 is 0. The molecule has 0 saturated heterocycles. The van der Waals surface area contributed by atoms with Crippen LogP contribution in [-0.4, -0.2) is 24.8 Å². The Morgan fingerprint density at radius 3 is 2.75 bits per heavy atom. The fraction of sp³-hybridized carbons (Fsp3) is 0.381. The maximum absolute atomic E-state index is 12.5. The topological polar surface area (TPSA) is 29.5 Å². The first-order chi connectivity index (χ1) is 11.7. The van der Waals surface area contributed by atoms with Gasteiger partial charge in [0.25, 0.3) is 0 Å². The largest absolute Gasteiger partial charge is 0.496 e. The van der Waals surface area contributed by atoms with Gasteiger partial charge in [-0.25, -0.2) is 0 Å². The van der Waals surface area contributed by atoms with Crippen LogP contribution in [0.5, 0.6) is 5.75 Å². The van der Waals surface area contributed by atoms with Crippen molar-refractivity contribution in [3.63, 3.8) is 0 Å². The Hall–Kier alpha value is -2.13. The first kappa shape index (κ1) is 15.4. The molecule has 2 atom stereocenters. The Kier molecular flexibility index (Phi) is 3.89. The number of nitrogens with zero attached hydrogens (tertiary/aromatic N) is 1. The highest BCUT2D eigenvalue weighted by Crippen LogP contribution is 2.45. The normalized spacial score (nSPS) is 22.4. The Labute approximate surface area is 143 Å². The lowest BCUT2D eigenvalue weighted by Gasteiger charge is -2.37. The Bertz CT molecular complexity index is 783. The molecule has 4 rings (SSSR count). The number of aryl methyl sites for hydroxylation is 1. The molecule has 0 saturated carbocycles. The number of Topliss-reactive ketones (excluding diaryl/α,β-unsaturated/α-hetero) is 1. The van der Waals surface area contributed by atoms with Crippen molar-refractivity contribution in [1.29, 1.82) is 0 Å². The van der Waals surface area contributed by atoms with Crippen LogP contribution in [0.2, 0.25) is 0 Å². The van der Waals surface area contributed by atoms with Gasteiger partial charge in [0.2, 0.25) is 0 Å². The molecule has 2 aliphatic carbocycles. The van der Waals surface area contributed by atoms with Crippen LogP contribution in [0.1, 0.15) is 58.4 Å². The molecule has 124 valence electrons. The second-order valence-electron chi connectivity index (χ2n) is 6.84. The summed E-state index contributed by atoms with van der Waals surface area (Å²) in [5, 5.41) is 0. The van der Waals surface area contributed by atoms with E-state index in [0.717, 1.165) is 29.7 Å². The van der Waals surface area contributed by atoms with E-state index < -0.39 is 0 Å². The van der Waals surface area contributed by atoms with Crippen molar-refractivity contribution >= 4 is 5.78 Å². The molecule has 0 aromatic heterocycles. The maximum Gasteiger partial charge on any atom is 0.165 e. The summed E-state index contributed by atoms with van der Waals surface area (Å²) in [7, 11) is 3.84. The molecule has 0 heterocycles. The van der Waals surface area contributed by atoms with Crippen LogP contribution < -0.4 is 4.74 Å². The molecule has 3 nitrogen and oxygen atoms in total. The SMILES string of the molecule is COc1cccc2c1C(N(C)C1CCCc3ccccc31)CC2=O. The van der Waals surface area contributed by atoms with Crippen LogP contribution >= 0.6 is 0 Å². The van der Waals surface area contributed by atoms with Gasteiger partial charge in [-0.05, 0) is 43.5 Å². The fourth-order valence-corrected chi connectivity index (χ4v) is 4.41. The number of methoxy groups -OCH3 is 1. The number of carbonyl (C=O) groups excluding carboxylic acids is 1. The summed E-state index contributed by atoms with van der Waals surface area (Å²) in [4.78, 5) is 14.9. The third-order valence-electron chi connectivity index (χ3n) is 5.62. The van der Waals surface area contributed by atoms with Crippen molar-refractivity contribution in [2.75, 3.05) is 14.2 Å². The number of hydrogen-bond acceptors (Lipinski definition) is 3. The molecule has 3 heteroatoms. The number of ketones is 1. The van der Waals surface area contributed by atoms with Gasteiger partial charge in [0.05, 0.1) is 7.11 Å². The summed E-state index contributed by atoms with van der Waals surface area (Å²) in [5.74, 6) is 1.06. The van der Waals surface area contributed by atoms with E-state index in [2.05, 4.69) is 36.2 Å². The van der Waals surface area contributed by atoms with E-state index in [1.165, 1.54) is 17.5 Å². The minimum Gasteiger partial charge on any atom is -0.496 e. The quantitative estimate of drug-likeness (QED) is 0.842. The van der Waals surface area contributed by atoms with E-state index in [1.807, 2.05) is 18.2 Å². The highest BCUT2D eigenvalue weighted by Gasteiger charge is 2.38. The van der Waals surface area contributed by atoms with Crippen molar-refractivity contribution in [1.82, 2.24) is 4.90 Å². The third kappa shape index (κ3) is 2.35. The number of benzene rings is 2. The second-order valence-corrected chi connectivity index (χ2v) is 6.84. The zero-order chi connectivity index (χ0) is 16.7. The summed E-state index contributed by atoms with van der Waals surface area (Å²) in [6.45, 7) is 0. The van der Waals surface area contributed by atoms with Gasteiger partial charge in [0.1, 0.15) is 5.75 Å². The number of hydrogen-bond donors (Lipinski definition) is 0. The lowest BCUT2D eigenvalue weighted by atomic mass is 9.86. The molecule has 0 spiro atoms. The van der Waals surface area contributed by atoms with E-state index in [1.54, 1.807) is 7.11 Å². The van der Waals surface area contributed by atoms with E-state index >= 15 is 0 Å². The lowest BCUT2D eigenvalue weighted by molar-refractivity contribution is 0.0932. The van der Waals surface area contributed by atoms with E-state index in [-0.39, 0.29) is 11.8 Å². The number of rotatable bonds is 3. The zero-order valence-corrected chi connectivity index (χ0v) is 14.3. The first-order valence-electron chi connectivity index (χ1n) is 8.70. The predicted molar refractivity (Wildman–Crippen MR) is 94.6 cm³/mol. The number of fused-ring (bicyclic) bond motifs is 2. The first-order valence-corrected chi connectivity index (χ1v) is 8.70. The highest BCUT2D eigenvalue weighted by molar-refractivity contribution is 6.02. The average Bonchev–Trinajstić information content (AvgIpc) is 2.98. The van der Waals surface area contributed by atoms with Gasteiger partial charge in [-0.1, -0.05) is 36.4 Å². The predicted octanol–water partition coefficient (Wildman–Crippen LogP) is 4.33. The van der Waals surface area contributed by atoms with Gasteiger partial charge in [-0.15, -0.1) is 0 Å². The second kappa shape index (κ2) is 6.06. The molecule has 0 radical (unpaired) electrons. The van der Waals surface area contributed by atoms with Crippen molar-refractivity contribution in [3.8, 4) is 5.75 Å². The zero-order valence-electron chi connectivity index (χ0n) is 14.3. The van der Waals surface area contributed by atoms with Crippen molar-refractivity contribution in [3.05, 3.63) is 64.7 Å². The van der Waals surface area contributed by atoms with Crippen LogP contribution in [-0.2, 0) is 6.42 Å². The van der Waals surface area contributed by atoms with Gasteiger partial charge in [0, 0.05) is 29.6 Å². The van der Waals surface area contributed by atoms with E-state index in [0.29, 0.717) is 12.5 Å². The van der Waals surface area contributed by atoms with E-state index in [4.69, 9.17) is 4.74 Å². The molecular weight excluding hydrogens is 298 g/mol. The minimum absolute atomic E-state index is 0.0970. The van der Waals surface area contributed by atoms with Gasteiger partial charge in [-0.3, -0.25) is 9.69 Å². The van der Waals surface area contributed by atoms with Crippen LogP contribution in [0.25, 0.3) is 0 Å². The van der Waals surface area contributed by atoms with E-state index in [9.17, 15) is 4.79 Å². The van der Waals surface area contributed by atoms with Crippen molar-refractivity contribution in [2.45, 2.75) is 37.8 Å². The van der Waals surface area contributed by atoms with Gasteiger partial charge >= 0.3 is 0 Å². The minimum atomic E-state index is 0.0970. The van der Waals surface area contributed by atoms with Crippen molar-refractivity contribution in [2.24, 2.45) is 0 Å². The molecule has 0 N–H and O–H groups in total. The molecule has 0 fully saturated rings. The number of ether oxygens (including phenoxy) is 1. The molecule has 2 unspecified atom stereocenters. The van der Waals surface area contributed by atoms with Crippen LogP contribution in [0.4, 0.5) is 0 Å². The number of carbonyl (C=O) groups is 1. The molecule has 2 aromatic rings. The smallest absolute Gasteiger partial charge is 0.165 e. The third-order valence-corrected chi connectivity index (χ3v) is 5.62. The lowest BCUT2D eigenvalue weighted by Crippen LogP contribution is -2.31. The molecule has 2 aromatic carbocycles. The molecule has 0 bridgehead atoms. The molecule has 2 aliphatic rings. The summed E-state index contributed by atoms with van der Waals surface area (Å²) in [6, 6.07) is 15.0. The average molecular weight is 321 g/mol. The molecule has 0 amide bonds. The Morgan fingerprint density at radius 2 is 1.92 bits per heavy atom. The summed E-state index contributed by atoms with van der Waals surface area (Å²) < 4.78 is 5.56. The molecule has 0 aliphatic heterocycles. The van der Waals surface area contributed by atoms with Crippen LogP contribution in [0.15, 0.2) is 42.5 Å².